The Bertz CT molecular complexity index is 572. The molecule has 2 aromatic heterocycles. The molecule has 1 fully saturated rings. The van der Waals surface area contributed by atoms with Crippen LogP contribution in [0.1, 0.15) is 41.9 Å². The minimum absolute atomic E-state index is 0.347. The fourth-order valence-electron chi connectivity index (χ4n) is 1.98. The summed E-state index contributed by atoms with van der Waals surface area (Å²) >= 11 is 0. The molecular formula is C12H13N3O2. The zero-order valence-electron chi connectivity index (χ0n) is 9.59. The molecule has 0 saturated heterocycles. The molecule has 3 rings (SSSR count). The molecule has 88 valence electrons. The summed E-state index contributed by atoms with van der Waals surface area (Å²) in [4.78, 5) is 16.2. The molecule has 0 aromatic carbocycles. The van der Waals surface area contributed by atoms with Gasteiger partial charge in [-0.2, -0.15) is 5.10 Å². The number of nitrogens with zero attached hydrogens (tertiary/aromatic N) is 3. The summed E-state index contributed by atoms with van der Waals surface area (Å²) in [5.41, 5.74) is 2.03. The molecule has 2 heterocycles. The van der Waals surface area contributed by atoms with Crippen molar-refractivity contribution in [2.24, 2.45) is 0 Å². The van der Waals surface area contributed by atoms with Gasteiger partial charge in [0.25, 0.3) is 0 Å². The fraction of sp³-hybridized carbons (Fsp3) is 0.417. The van der Waals surface area contributed by atoms with Gasteiger partial charge in [0.15, 0.2) is 11.3 Å². The highest BCUT2D eigenvalue weighted by Gasteiger charge is 2.33. The van der Waals surface area contributed by atoms with Crippen LogP contribution < -0.4 is 0 Å². The number of aromatic nitrogens is 3. The molecule has 17 heavy (non-hydrogen) atoms. The Balaban J connectivity index is 2.15. The average Bonchev–Trinajstić information content (AvgIpc) is 3.09. The molecule has 0 N–H and O–H groups in total. The van der Waals surface area contributed by atoms with Crippen molar-refractivity contribution >= 4 is 11.6 Å². The van der Waals surface area contributed by atoms with E-state index >= 15 is 0 Å². The van der Waals surface area contributed by atoms with Crippen LogP contribution in [0.3, 0.4) is 0 Å². The molecular weight excluding hydrogens is 218 g/mol. The number of esters is 1. The third-order valence-corrected chi connectivity index (χ3v) is 2.86. The number of hydrogen-bond acceptors (Lipinski definition) is 4. The molecule has 0 unspecified atom stereocenters. The van der Waals surface area contributed by atoms with Gasteiger partial charge in [-0.05, 0) is 31.9 Å². The second-order valence-corrected chi connectivity index (χ2v) is 4.13. The van der Waals surface area contributed by atoms with Gasteiger partial charge in [0.2, 0.25) is 0 Å². The lowest BCUT2D eigenvalue weighted by Crippen LogP contribution is -2.08. The van der Waals surface area contributed by atoms with Crippen molar-refractivity contribution in [3.05, 3.63) is 29.7 Å². The van der Waals surface area contributed by atoms with Crippen LogP contribution in [0.15, 0.2) is 18.3 Å². The molecule has 5 nitrogen and oxygen atoms in total. The first kappa shape index (κ1) is 10.3. The second kappa shape index (κ2) is 3.84. The highest BCUT2D eigenvalue weighted by atomic mass is 16.5. The minimum Gasteiger partial charge on any atom is -0.461 e. The number of ether oxygens (including phenoxy) is 1. The molecule has 0 amide bonds. The average molecular weight is 231 g/mol. The number of hydrogen-bond donors (Lipinski definition) is 0. The predicted molar refractivity (Wildman–Crippen MR) is 60.9 cm³/mol. The van der Waals surface area contributed by atoms with Crippen LogP contribution in [0.4, 0.5) is 0 Å². The summed E-state index contributed by atoms with van der Waals surface area (Å²) in [5, 5.41) is 4.25. The maximum absolute atomic E-state index is 11.8. The van der Waals surface area contributed by atoms with E-state index in [0.717, 1.165) is 18.5 Å². The highest BCUT2D eigenvalue weighted by molar-refractivity contribution is 5.90. The second-order valence-electron chi connectivity index (χ2n) is 4.13. The van der Waals surface area contributed by atoms with Crippen molar-refractivity contribution in [2.75, 3.05) is 6.61 Å². The van der Waals surface area contributed by atoms with Crippen LogP contribution in [0.25, 0.3) is 5.65 Å². The zero-order chi connectivity index (χ0) is 11.8. The number of carbonyl (C=O) groups excluding carboxylic acids is 1. The number of rotatable bonds is 3. The van der Waals surface area contributed by atoms with Gasteiger partial charge in [-0.3, -0.25) is 0 Å². The molecule has 0 bridgehead atoms. The van der Waals surface area contributed by atoms with Gasteiger partial charge in [0.1, 0.15) is 0 Å². The SMILES string of the molecule is CCOC(=O)c1nc2cccnn2c1C1CC1. The minimum atomic E-state index is -0.347. The Hall–Kier alpha value is -1.91. The fourth-order valence-corrected chi connectivity index (χ4v) is 1.98. The molecule has 0 atom stereocenters. The van der Waals surface area contributed by atoms with E-state index in [1.165, 1.54) is 0 Å². The molecule has 5 heteroatoms. The van der Waals surface area contributed by atoms with Gasteiger partial charge in [-0.15, -0.1) is 0 Å². The molecule has 1 aliphatic rings. The van der Waals surface area contributed by atoms with Crippen molar-refractivity contribution < 1.29 is 9.53 Å². The monoisotopic (exact) mass is 231 g/mol. The van der Waals surface area contributed by atoms with E-state index in [-0.39, 0.29) is 5.97 Å². The molecule has 0 radical (unpaired) electrons. The summed E-state index contributed by atoms with van der Waals surface area (Å²) in [6.07, 6.45) is 3.89. The number of imidazole rings is 1. The zero-order valence-corrected chi connectivity index (χ0v) is 9.59. The summed E-state index contributed by atoms with van der Waals surface area (Å²) < 4.78 is 6.79. The first-order valence-electron chi connectivity index (χ1n) is 5.82. The van der Waals surface area contributed by atoms with Crippen molar-refractivity contribution in [2.45, 2.75) is 25.7 Å². The quantitative estimate of drug-likeness (QED) is 0.755. The lowest BCUT2D eigenvalue weighted by Gasteiger charge is -2.01. The third-order valence-electron chi connectivity index (χ3n) is 2.86. The van der Waals surface area contributed by atoms with Crippen molar-refractivity contribution in [1.29, 1.82) is 0 Å². The smallest absolute Gasteiger partial charge is 0.358 e. The summed E-state index contributed by atoms with van der Waals surface area (Å²) in [7, 11) is 0. The van der Waals surface area contributed by atoms with Gasteiger partial charge in [0, 0.05) is 12.1 Å². The van der Waals surface area contributed by atoms with Crippen molar-refractivity contribution in [3.63, 3.8) is 0 Å². The van der Waals surface area contributed by atoms with Crippen LogP contribution in [0.5, 0.6) is 0 Å². The predicted octanol–water partition coefficient (Wildman–Crippen LogP) is 1.78. The van der Waals surface area contributed by atoms with E-state index in [2.05, 4.69) is 10.1 Å². The van der Waals surface area contributed by atoms with Crippen LogP contribution in [0, 0.1) is 0 Å². The van der Waals surface area contributed by atoms with Crippen LogP contribution in [-0.4, -0.2) is 27.2 Å². The van der Waals surface area contributed by atoms with E-state index in [0.29, 0.717) is 23.9 Å². The summed E-state index contributed by atoms with van der Waals surface area (Å²) in [6, 6.07) is 3.66. The van der Waals surface area contributed by atoms with Gasteiger partial charge in [0.05, 0.1) is 12.3 Å². The molecule has 1 aliphatic carbocycles. The summed E-state index contributed by atoms with van der Waals surface area (Å²) in [6.45, 7) is 2.16. The lowest BCUT2D eigenvalue weighted by atomic mass is 10.2. The molecule has 0 aliphatic heterocycles. The Morgan fingerprint density at radius 3 is 3.12 bits per heavy atom. The van der Waals surface area contributed by atoms with Gasteiger partial charge >= 0.3 is 5.97 Å². The van der Waals surface area contributed by atoms with Crippen molar-refractivity contribution in [3.8, 4) is 0 Å². The van der Waals surface area contributed by atoms with Crippen LogP contribution >= 0.6 is 0 Å². The van der Waals surface area contributed by atoms with Crippen LogP contribution in [-0.2, 0) is 4.74 Å². The molecule has 1 saturated carbocycles. The molecule has 2 aromatic rings. The Morgan fingerprint density at radius 1 is 1.59 bits per heavy atom. The standard InChI is InChI=1S/C12H13N3O2/c1-2-17-12(16)10-11(8-5-6-8)15-9(14-10)4-3-7-13-15/h3-4,7-8H,2,5-6H2,1H3. The Labute approximate surface area is 98.4 Å². The van der Waals surface area contributed by atoms with Gasteiger partial charge in [-0.1, -0.05) is 0 Å². The maximum atomic E-state index is 11.8. The largest absolute Gasteiger partial charge is 0.461 e. The topological polar surface area (TPSA) is 56.5 Å². The van der Waals surface area contributed by atoms with Gasteiger partial charge in [-0.25, -0.2) is 14.3 Å². The van der Waals surface area contributed by atoms with E-state index < -0.39 is 0 Å². The number of carbonyl (C=O) groups is 1. The van der Waals surface area contributed by atoms with Crippen molar-refractivity contribution in [1.82, 2.24) is 14.6 Å². The van der Waals surface area contributed by atoms with Crippen LogP contribution in [0.2, 0.25) is 0 Å². The van der Waals surface area contributed by atoms with Gasteiger partial charge < -0.3 is 4.74 Å². The molecule has 0 spiro atoms. The Kier molecular flexibility index (Phi) is 2.31. The first-order chi connectivity index (χ1) is 8.31. The maximum Gasteiger partial charge on any atom is 0.358 e. The third kappa shape index (κ3) is 1.67. The van der Waals surface area contributed by atoms with E-state index in [9.17, 15) is 4.79 Å². The highest BCUT2D eigenvalue weighted by Crippen LogP contribution is 2.41. The Morgan fingerprint density at radius 2 is 2.41 bits per heavy atom. The van der Waals surface area contributed by atoms with E-state index in [4.69, 9.17) is 4.74 Å². The normalized spacial score (nSPS) is 15.1. The summed E-state index contributed by atoms with van der Waals surface area (Å²) in [5.74, 6) is 0.0548. The lowest BCUT2D eigenvalue weighted by molar-refractivity contribution is 0.0518. The first-order valence-corrected chi connectivity index (χ1v) is 5.82. The van der Waals surface area contributed by atoms with E-state index in [1.54, 1.807) is 17.6 Å². The number of fused-ring (bicyclic) bond motifs is 1. The van der Waals surface area contributed by atoms with E-state index in [1.807, 2.05) is 12.1 Å².